The standard InChI is InChI=1S/C22H14Cl2O4S/c1-12-21(14-4-2-3-5-16(14)23)22(26)15-7-6-13(10-18(15)28-12)27-11-17(25)19-8-9-20(24)29-19/h2-10H,11H2,1H3. The molecule has 4 rings (SSSR count). The van der Waals surface area contributed by atoms with Gasteiger partial charge >= 0.3 is 0 Å². The van der Waals surface area contributed by atoms with Crippen molar-refractivity contribution in [3.63, 3.8) is 0 Å². The van der Waals surface area contributed by atoms with E-state index in [1.54, 1.807) is 55.5 Å². The Labute approximate surface area is 180 Å². The molecule has 0 saturated heterocycles. The van der Waals surface area contributed by atoms with Gasteiger partial charge in [0.05, 0.1) is 20.2 Å². The molecule has 29 heavy (non-hydrogen) atoms. The third kappa shape index (κ3) is 3.94. The van der Waals surface area contributed by atoms with Crippen molar-refractivity contribution in [3.8, 4) is 16.9 Å². The zero-order chi connectivity index (χ0) is 20.5. The van der Waals surface area contributed by atoms with Crippen molar-refractivity contribution in [2.45, 2.75) is 6.92 Å². The Morgan fingerprint density at radius 3 is 2.62 bits per heavy atom. The van der Waals surface area contributed by atoms with Crippen molar-refractivity contribution < 1.29 is 13.9 Å². The van der Waals surface area contributed by atoms with Crippen LogP contribution in [-0.2, 0) is 0 Å². The maximum atomic E-state index is 13.0. The topological polar surface area (TPSA) is 56.5 Å². The molecule has 7 heteroatoms. The first kappa shape index (κ1) is 19.7. The molecule has 0 fully saturated rings. The van der Waals surface area contributed by atoms with E-state index in [9.17, 15) is 9.59 Å². The number of ether oxygens (including phenoxy) is 1. The first-order valence-corrected chi connectivity index (χ1v) is 10.2. The van der Waals surface area contributed by atoms with Crippen LogP contribution in [-0.4, -0.2) is 12.4 Å². The minimum absolute atomic E-state index is 0.136. The van der Waals surface area contributed by atoms with Crippen molar-refractivity contribution in [3.05, 3.63) is 84.8 Å². The monoisotopic (exact) mass is 444 g/mol. The van der Waals surface area contributed by atoms with Crippen molar-refractivity contribution in [2.75, 3.05) is 6.61 Å². The summed E-state index contributed by atoms with van der Waals surface area (Å²) < 4.78 is 12.0. The van der Waals surface area contributed by atoms with Gasteiger partial charge in [0.15, 0.2) is 6.61 Å². The lowest BCUT2D eigenvalue weighted by Gasteiger charge is -2.10. The molecule has 0 amide bonds. The molecule has 0 saturated carbocycles. The van der Waals surface area contributed by atoms with Crippen LogP contribution < -0.4 is 10.2 Å². The second-order valence-corrected chi connectivity index (χ2v) is 8.44. The Morgan fingerprint density at radius 1 is 1.10 bits per heavy atom. The Bertz CT molecular complexity index is 1290. The van der Waals surface area contributed by atoms with Crippen molar-refractivity contribution >= 4 is 51.3 Å². The fourth-order valence-corrected chi connectivity index (χ4v) is 4.23. The van der Waals surface area contributed by atoms with E-state index in [-0.39, 0.29) is 17.8 Å². The summed E-state index contributed by atoms with van der Waals surface area (Å²) in [6, 6.07) is 15.3. The predicted octanol–water partition coefficient (Wildman–Crippen LogP) is 6.40. The Balaban J connectivity index is 1.65. The summed E-state index contributed by atoms with van der Waals surface area (Å²) in [5.41, 5.74) is 1.27. The first-order valence-electron chi connectivity index (χ1n) is 8.68. The Hall–Kier alpha value is -2.60. The number of aryl methyl sites for hydroxylation is 1. The number of ketones is 1. The molecule has 0 spiro atoms. The summed E-state index contributed by atoms with van der Waals surface area (Å²) >= 11 is 13.3. The zero-order valence-corrected chi connectivity index (χ0v) is 17.5. The second kappa shape index (κ2) is 8.03. The molecule has 0 unspecified atom stereocenters. The average Bonchev–Trinajstić information content (AvgIpc) is 3.14. The maximum Gasteiger partial charge on any atom is 0.210 e. The van der Waals surface area contributed by atoms with Gasteiger partial charge in [0.25, 0.3) is 0 Å². The van der Waals surface area contributed by atoms with Crippen molar-refractivity contribution in [2.24, 2.45) is 0 Å². The zero-order valence-electron chi connectivity index (χ0n) is 15.2. The molecule has 2 aromatic carbocycles. The van der Waals surface area contributed by atoms with Gasteiger partial charge < -0.3 is 9.15 Å². The summed E-state index contributed by atoms with van der Waals surface area (Å²) in [4.78, 5) is 25.7. The second-order valence-electron chi connectivity index (χ2n) is 6.32. The van der Waals surface area contributed by atoms with E-state index in [4.69, 9.17) is 32.4 Å². The summed E-state index contributed by atoms with van der Waals surface area (Å²) in [6.45, 7) is 1.58. The van der Waals surface area contributed by atoms with Gasteiger partial charge in [0.2, 0.25) is 11.2 Å². The number of benzene rings is 2. The number of halogens is 2. The molecular formula is C22H14Cl2O4S. The molecule has 2 heterocycles. The minimum Gasteiger partial charge on any atom is -0.485 e. The smallest absolute Gasteiger partial charge is 0.210 e. The molecule has 0 aliphatic rings. The number of Topliss-reactive ketones (excluding diaryl/α,β-unsaturated/α-hetero) is 1. The molecule has 146 valence electrons. The van der Waals surface area contributed by atoms with E-state index < -0.39 is 0 Å². The van der Waals surface area contributed by atoms with Gasteiger partial charge in [-0.2, -0.15) is 0 Å². The van der Waals surface area contributed by atoms with E-state index >= 15 is 0 Å². The SMILES string of the molecule is Cc1oc2cc(OCC(=O)c3ccc(Cl)s3)ccc2c(=O)c1-c1ccccc1Cl. The van der Waals surface area contributed by atoms with E-state index in [1.807, 2.05) is 6.07 Å². The third-order valence-electron chi connectivity index (χ3n) is 4.40. The molecule has 4 aromatic rings. The molecular weight excluding hydrogens is 431 g/mol. The lowest BCUT2D eigenvalue weighted by molar-refractivity contribution is 0.0925. The Kier molecular flexibility index (Phi) is 5.46. The van der Waals surface area contributed by atoms with Crippen LogP contribution in [0, 0.1) is 6.92 Å². The van der Waals surface area contributed by atoms with Crippen molar-refractivity contribution in [1.82, 2.24) is 0 Å². The van der Waals surface area contributed by atoms with Gasteiger partial charge in [0.1, 0.15) is 17.1 Å². The van der Waals surface area contributed by atoms with Crippen LogP contribution in [0.25, 0.3) is 22.1 Å². The summed E-state index contributed by atoms with van der Waals surface area (Å²) in [7, 11) is 0. The van der Waals surface area contributed by atoms with Gasteiger partial charge in [-0.15, -0.1) is 11.3 Å². The highest BCUT2D eigenvalue weighted by Gasteiger charge is 2.16. The van der Waals surface area contributed by atoms with Crippen LogP contribution in [0.3, 0.4) is 0 Å². The van der Waals surface area contributed by atoms with Crippen molar-refractivity contribution in [1.29, 1.82) is 0 Å². The molecule has 0 N–H and O–H groups in total. The maximum absolute atomic E-state index is 13.0. The highest BCUT2D eigenvalue weighted by atomic mass is 35.5. The van der Waals surface area contributed by atoms with Crippen LogP contribution in [0.5, 0.6) is 5.75 Å². The van der Waals surface area contributed by atoms with Crippen LogP contribution in [0.15, 0.2) is 63.8 Å². The minimum atomic E-state index is -0.173. The number of thiophene rings is 1. The number of rotatable bonds is 5. The van der Waals surface area contributed by atoms with Crippen LogP contribution in [0.2, 0.25) is 9.36 Å². The summed E-state index contributed by atoms with van der Waals surface area (Å²) in [5.74, 6) is 0.715. The molecule has 4 nitrogen and oxygen atoms in total. The molecule has 0 aliphatic carbocycles. The van der Waals surface area contributed by atoms with Gasteiger partial charge in [-0.25, -0.2) is 0 Å². The lowest BCUT2D eigenvalue weighted by atomic mass is 10.0. The molecule has 0 aliphatic heterocycles. The van der Waals surface area contributed by atoms with Gasteiger partial charge in [-0.05, 0) is 37.3 Å². The average molecular weight is 445 g/mol. The number of hydrogen-bond acceptors (Lipinski definition) is 5. The van der Waals surface area contributed by atoms with E-state index in [2.05, 4.69) is 0 Å². The molecule has 0 radical (unpaired) electrons. The molecule has 0 atom stereocenters. The predicted molar refractivity (Wildman–Crippen MR) is 117 cm³/mol. The number of fused-ring (bicyclic) bond motifs is 1. The van der Waals surface area contributed by atoms with Gasteiger partial charge in [0, 0.05) is 16.7 Å². The van der Waals surface area contributed by atoms with E-state index in [0.717, 1.165) is 0 Å². The molecule has 2 aromatic heterocycles. The number of hydrogen-bond donors (Lipinski definition) is 0. The van der Waals surface area contributed by atoms with Crippen LogP contribution in [0.4, 0.5) is 0 Å². The largest absolute Gasteiger partial charge is 0.485 e. The molecule has 0 bridgehead atoms. The van der Waals surface area contributed by atoms with E-state index in [0.29, 0.717) is 47.8 Å². The summed E-state index contributed by atoms with van der Waals surface area (Å²) in [6.07, 6.45) is 0. The number of carbonyl (C=O) groups excluding carboxylic acids is 1. The fourth-order valence-electron chi connectivity index (χ4n) is 3.04. The Morgan fingerprint density at radius 2 is 1.90 bits per heavy atom. The third-order valence-corrected chi connectivity index (χ3v) is 6.00. The van der Waals surface area contributed by atoms with E-state index in [1.165, 1.54) is 11.3 Å². The fraction of sp³-hybridized carbons (Fsp3) is 0.0909. The lowest BCUT2D eigenvalue weighted by Crippen LogP contribution is -2.11. The highest BCUT2D eigenvalue weighted by molar-refractivity contribution is 7.18. The normalized spacial score (nSPS) is 11.0. The summed E-state index contributed by atoms with van der Waals surface area (Å²) in [5, 5.41) is 0.892. The number of carbonyl (C=O) groups is 1. The first-order chi connectivity index (χ1) is 13.9. The van der Waals surface area contributed by atoms with Crippen LogP contribution in [0.1, 0.15) is 15.4 Å². The van der Waals surface area contributed by atoms with Crippen LogP contribution >= 0.6 is 34.5 Å². The van der Waals surface area contributed by atoms with Gasteiger partial charge in [-0.3, -0.25) is 9.59 Å². The quantitative estimate of drug-likeness (QED) is 0.334. The van der Waals surface area contributed by atoms with Gasteiger partial charge in [-0.1, -0.05) is 41.4 Å². The highest BCUT2D eigenvalue weighted by Crippen LogP contribution is 2.30.